The monoisotopic (exact) mass is 204 g/mol. The third-order valence-electron chi connectivity index (χ3n) is 2.26. The predicted molar refractivity (Wildman–Crippen MR) is 57.0 cm³/mol. The van der Waals surface area contributed by atoms with Crippen LogP contribution in [0.5, 0.6) is 0 Å². The summed E-state index contributed by atoms with van der Waals surface area (Å²) in [7, 11) is 0. The minimum absolute atomic E-state index is 0.315. The predicted octanol–water partition coefficient (Wildman–Crippen LogP) is 0.922. The highest BCUT2D eigenvalue weighted by Gasteiger charge is 2.12. The van der Waals surface area contributed by atoms with E-state index in [9.17, 15) is 4.79 Å². The van der Waals surface area contributed by atoms with E-state index >= 15 is 0 Å². The zero-order valence-corrected chi connectivity index (χ0v) is 8.29. The van der Waals surface area contributed by atoms with Gasteiger partial charge >= 0.3 is 0 Å². The van der Waals surface area contributed by atoms with Crippen molar-refractivity contribution in [1.82, 2.24) is 15.4 Å². The molecule has 0 saturated carbocycles. The van der Waals surface area contributed by atoms with Crippen molar-refractivity contribution >= 4 is 5.91 Å². The Morgan fingerprint density at radius 3 is 2.87 bits per heavy atom. The average Bonchev–Trinajstić information content (AvgIpc) is 2.84. The molecule has 0 saturated heterocycles. The SMILES string of the molecule is Cc1cc(-c2ccc[nH]2)[nH]c1C(=O)NN. The van der Waals surface area contributed by atoms with Crippen LogP contribution in [0.15, 0.2) is 24.4 Å². The fraction of sp³-hybridized carbons (Fsp3) is 0.100. The number of nitrogens with one attached hydrogen (secondary N) is 3. The molecule has 5 nitrogen and oxygen atoms in total. The maximum atomic E-state index is 11.3. The number of hydrazine groups is 1. The summed E-state index contributed by atoms with van der Waals surface area (Å²) in [5.41, 5.74) is 5.26. The minimum atomic E-state index is -0.315. The van der Waals surface area contributed by atoms with Gasteiger partial charge < -0.3 is 9.97 Å². The van der Waals surface area contributed by atoms with Gasteiger partial charge in [0.1, 0.15) is 5.69 Å². The zero-order valence-electron chi connectivity index (χ0n) is 8.29. The number of aryl methyl sites for hydroxylation is 1. The molecule has 1 amide bonds. The lowest BCUT2D eigenvalue weighted by Crippen LogP contribution is -2.30. The number of carbonyl (C=O) groups excluding carboxylic acids is 1. The molecule has 5 heteroatoms. The Hall–Kier alpha value is -2.01. The fourth-order valence-corrected chi connectivity index (χ4v) is 1.51. The van der Waals surface area contributed by atoms with Crippen molar-refractivity contribution in [2.45, 2.75) is 6.92 Å². The zero-order chi connectivity index (χ0) is 10.8. The Morgan fingerprint density at radius 1 is 1.47 bits per heavy atom. The molecule has 0 radical (unpaired) electrons. The lowest BCUT2D eigenvalue weighted by atomic mass is 10.2. The second-order valence-electron chi connectivity index (χ2n) is 3.30. The molecule has 0 aliphatic carbocycles. The molecule has 2 heterocycles. The summed E-state index contributed by atoms with van der Waals surface area (Å²) >= 11 is 0. The Labute approximate surface area is 86.7 Å². The summed E-state index contributed by atoms with van der Waals surface area (Å²) in [6.07, 6.45) is 1.83. The lowest BCUT2D eigenvalue weighted by Gasteiger charge is -1.96. The van der Waals surface area contributed by atoms with Crippen molar-refractivity contribution in [3.8, 4) is 11.4 Å². The first kappa shape index (κ1) is 9.54. The molecule has 78 valence electrons. The number of carbonyl (C=O) groups is 1. The second kappa shape index (κ2) is 3.62. The number of aromatic nitrogens is 2. The second-order valence-corrected chi connectivity index (χ2v) is 3.30. The number of nitrogen functional groups attached to an aromatic ring is 1. The summed E-state index contributed by atoms with van der Waals surface area (Å²) in [6.45, 7) is 1.85. The topological polar surface area (TPSA) is 86.7 Å². The van der Waals surface area contributed by atoms with Gasteiger partial charge in [-0.1, -0.05) is 0 Å². The molecular formula is C10H12N4O. The van der Waals surface area contributed by atoms with Crippen LogP contribution in [0.25, 0.3) is 11.4 Å². The van der Waals surface area contributed by atoms with E-state index in [-0.39, 0.29) is 5.91 Å². The van der Waals surface area contributed by atoms with Gasteiger partial charge in [-0.05, 0) is 30.7 Å². The number of amides is 1. The van der Waals surface area contributed by atoms with Crippen LogP contribution < -0.4 is 11.3 Å². The van der Waals surface area contributed by atoms with Crippen LogP contribution in [0.2, 0.25) is 0 Å². The molecule has 0 atom stereocenters. The Bertz CT molecular complexity index is 470. The Balaban J connectivity index is 2.41. The Kier molecular flexibility index (Phi) is 2.31. The number of nitrogens with two attached hydrogens (primary N) is 1. The molecule has 0 aliphatic rings. The number of H-pyrrole nitrogens is 2. The van der Waals surface area contributed by atoms with Gasteiger partial charge in [-0.3, -0.25) is 10.2 Å². The molecule has 2 rings (SSSR count). The van der Waals surface area contributed by atoms with Gasteiger partial charge in [0.2, 0.25) is 0 Å². The number of aromatic amines is 2. The van der Waals surface area contributed by atoms with Crippen LogP contribution in [-0.4, -0.2) is 15.9 Å². The first-order valence-corrected chi connectivity index (χ1v) is 4.56. The van der Waals surface area contributed by atoms with Crippen LogP contribution >= 0.6 is 0 Å². The fourth-order valence-electron chi connectivity index (χ4n) is 1.51. The molecule has 15 heavy (non-hydrogen) atoms. The number of hydrogen-bond acceptors (Lipinski definition) is 2. The van der Waals surface area contributed by atoms with Crippen LogP contribution in [0.3, 0.4) is 0 Å². The smallest absolute Gasteiger partial charge is 0.281 e. The average molecular weight is 204 g/mol. The summed E-state index contributed by atoms with van der Waals surface area (Å²) in [4.78, 5) is 17.4. The van der Waals surface area contributed by atoms with Crippen molar-refractivity contribution in [2.24, 2.45) is 5.84 Å². The van der Waals surface area contributed by atoms with Crippen LogP contribution in [0.1, 0.15) is 16.1 Å². The maximum Gasteiger partial charge on any atom is 0.281 e. The molecule has 5 N–H and O–H groups in total. The number of rotatable bonds is 2. The van der Waals surface area contributed by atoms with Crippen LogP contribution in [-0.2, 0) is 0 Å². The van der Waals surface area contributed by atoms with E-state index in [4.69, 9.17) is 5.84 Å². The normalized spacial score (nSPS) is 10.3. The van der Waals surface area contributed by atoms with E-state index in [0.717, 1.165) is 17.0 Å². The van der Waals surface area contributed by atoms with E-state index in [1.807, 2.05) is 31.3 Å². The Morgan fingerprint density at radius 2 is 2.27 bits per heavy atom. The van der Waals surface area contributed by atoms with Crippen molar-refractivity contribution in [1.29, 1.82) is 0 Å². The van der Waals surface area contributed by atoms with E-state index in [1.165, 1.54) is 0 Å². The molecule has 2 aromatic heterocycles. The molecule has 0 unspecified atom stereocenters. The highest BCUT2D eigenvalue weighted by atomic mass is 16.2. The van der Waals surface area contributed by atoms with Crippen molar-refractivity contribution in [3.05, 3.63) is 35.7 Å². The van der Waals surface area contributed by atoms with Gasteiger partial charge in [0.15, 0.2) is 0 Å². The summed E-state index contributed by atoms with van der Waals surface area (Å²) < 4.78 is 0. The van der Waals surface area contributed by atoms with E-state index in [0.29, 0.717) is 5.69 Å². The molecule has 2 aromatic rings. The molecule has 0 aromatic carbocycles. The van der Waals surface area contributed by atoms with Gasteiger partial charge in [0, 0.05) is 6.20 Å². The number of hydrogen-bond donors (Lipinski definition) is 4. The summed E-state index contributed by atoms with van der Waals surface area (Å²) in [6, 6.07) is 5.72. The highest BCUT2D eigenvalue weighted by molar-refractivity contribution is 5.94. The standard InChI is InChI=1S/C10H12N4O/c1-6-5-8(7-3-2-4-12-7)13-9(6)10(15)14-11/h2-5,12-13H,11H2,1H3,(H,14,15). The summed E-state index contributed by atoms with van der Waals surface area (Å²) in [5.74, 6) is 4.76. The van der Waals surface area contributed by atoms with Gasteiger partial charge in [0.05, 0.1) is 11.4 Å². The van der Waals surface area contributed by atoms with E-state index in [2.05, 4.69) is 15.4 Å². The quantitative estimate of drug-likeness (QED) is 0.333. The molecule has 0 aliphatic heterocycles. The minimum Gasteiger partial charge on any atom is -0.360 e. The first-order chi connectivity index (χ1) is 7.22. The third kappa shape index (κ3) is 1.64. The third-order valence-corrected chi connectivity index (χ3v) is 2.26. The van der Waals surface area contributed by atoms with Gasteiger partial charge in [-0.25, -0.2) is 5.84 Å². The maximum absolute atomic E-state index is 11.3. The molecule has 0 bridgehead atoms. The van der Waals surface area contributed by atoms with Crippen LogP contribution in [0, 0.1) is 6.92 Å². The van der Waals surface area contributed by atoms with Gasteiger partial charge in [-0.2, -0.15) is 0 Å². The van der Waals surface area contributed by atoms with E-state index in [1.54, 1.807) is 0 Å². The molecular weight excluding hydrogens is 192 g/mol. The first-order valence-electron chi connectivity index (χ1n) is 4.56. The van der Waals surface area contributed by atoms with E-state index < -0.39 is 0 Å². The summed E-state index contributed by atoms with van der Waals surface area (Å²) in [5, 5.41) is 0. The van der Waals surface area contributed by atoms with Gasteiger partial charge in [-0.15, -0.1) is 0 Å². The largest absolute Gasteiger partial charge is 0.360 e. The van der Waals surface area contributed by atoms with Crippen molar-refractivity contribution in [2.75, 3.05) is 0 Å². The lowest BCUT2D eigenvalue weighted by molar-refractivity contribution is 0.0949. The molecule has 0 spiro atoms. The van der Waals surface area contributed by atoms with Gasteiger partial charge in [0.25, 0.3) is 5.91 Å². The highest BCUT2D eigenvalue weighted by Crippen LogP contribution is 2.19. The van der Waals surface area contributed by atoms with Crippen molar-refractivity contribution in [3.63, 3.8) is 0 Å². The van der Waals surface area contributed by atoms with Crippen LogP contribution in [0.4, 0.5) is 0 Å². The van der Waals surface area contributed by atoms with Crippen molar-refractivity contribution < 1.29 is 4.79 Å². The molecule has 0 fully saturated rings.